The van der Waals surface area contributed by atoms with Gasteiger partial charge in [0.05, 0.1) is 22.3 Å². The molecule has 31 heavy (non-hydrogen) atoms. The van der Waals surface area contributed by atoms with Crippen LogP contribution >= 0.6 is 0 Å². The highest BCUT2D eigenvalue weighted by Gasteiger charge is 2.34. The second kappa shape index (κ2) is 7.61. The fourth-order valence-electron chi connectivity index (χ4n) is 4.06. The number of pyridine rings is 1. The van der Waals surface area contributed by atoms with E-state index in [1.807, 2.05) is 55.3 Å². The zero-order valence-corrected chi connectivity index (χ0v) is 17.5. The molecule has 5 rings (SSSR count). The van der Waals surface area contributed by atoms with Crippen molar-refractivity contribution in [1.82, 2.24) is 19.7 Å². The molecule has 1 aliphatic carbocycles. The van der Waals surface area contributed by atoms with Crippen LogP contribution in [0.4, 0.5) is 4.39 Å². The summed E-state index contributed by atoms with van der Waals surface area (Å²) < 4.78 is 15.1. The number of rotatable bonds is 5. The van der Waals surface area contributed by atoms with Crippen LogP contribution in [0.15, 0.2) is 60.7 Å². The van der Waals surface area contributed by atoms with E-state index < -0.39 is 0 Å². The molecular weight excluding hydrogens is 391 g/mol. The molecule has 0 saturated heterocycles. The summed E-state index contributed by atoms with van der Waals surface area (Å²) in [4.78, 5) is 20.6. The minimum atomic E-state index is -0.276. The van der Waals surface area contributed by atoms with Crippen LogP contribution in [0.2, 0.25) is 0 Å². The van der Waals surface area contributed by atoms with Crippen molar-refractivity contribution in [3.8, 4) is 11.3 Å². The average molecular weight is 414 g/mol. The number of amides is 1. The number of nitrogens with zero attached hydrogens (tertiary/aromatic N) is 4. The molecule has 0 atom stereocenters. The Kier molecular flexibility index (Phi) is 4.77. The fourth-order valence-corrected chi connectivity index (χ4v) is 4.06. The number of benzene rings is 2. The molecule has 5 nitrogen and oxygen atoms in total. The van der Waals surface area contributed by atoms with E-state index in [2.05, 4.69) is 5.10 Å². The summed E-state index contributed by atoms with van der Waals surface area (Å²) in [6.07, 6.45) is 1.97. The third-order valence-electron chi connectivity index (χ3n) is 5.78. The van der Waals surface area contributed by atoms with Crippen molar-refractivity contribution >= 4 is 16.9 Å². The summed E-state index contributed by atoms with van der Waals surface area (Å²) in [6, 6.07) is 18.3. The monoisotopic (exact) mass is 414 g/mol. The van der Waals surface area contributed by atoms with Crippen LogP contribution in [0.1, 0.15) is 34.5 Å². The highest BCUT2D eigenvalue weighted by Crippen LogP contribution is 2.33. The molecule has 1 aliphatic rings. The molecule has 1 saturated carbocycles. The number of aryl methyl sites for hydroxylation is 2. The Balaban J connectivity index is 1.61. The molecule has 0 spiro atoms. The lowest BCUT2D eigenvalue weighted by Gasteiger charge is -2.23. The molecule has 0 radical (unpaired) electrons. The molecule has 4 aromatic rings. The largest absolute Gasteiger partial charge is 0.331 e. The quantitative estimate of drug-likeness (QED) is 0.467. The molecule has 2 aromatic heterocycles. The van der Waals surface area contributed by atoms with Crippen LogP contribution in [0, 0.1) is 12.7 Å². The summed E-state index contributed by atoms with van der Waals surface area (Å²) in [5, 5.41) is 5.31. The first-order valence-electron chi connectivity index (χ1n) is 10.5. The van der Waals surface area contributed by atoms with Gasteiger partial charge < -0.3 is 4.90 Å². The van der Waals surface area contributed by atoms with Gasteiger partial charge in [-0.3, -0.25) is 9.48 Å². The van der Waals surface area contributed by atoms with Gasteiger partial charge in [0.25, 0.3) is 5.91 Å². The van der Waals surface area contributed by atoms with Gasteiger partial charge in [-0.15, -0.1) is 0 Å². The Morgan fingerprint density at radius 2 is 1.84 bits per heavy atom. The molecule has 2 heterocycles. The van der Waals surface area contributed by atoms with Crippen molar-refractivity contribution in [2.75, 3.05) is 0 Å². The molecular formula is C25H23FN4O. The zero-order chi connectivity index (χ0) is 21.5. The van der Waals surface area contributed by atoms with Crippen molar-refractivity contribution < 1.29 is 9.18 Å². The Hall–Kier alpha value is -3.54. The van der Waals surface area contributed by atoms with E-state index in [9.17, 15) is 9.18 Å². The van der Waals surface area contributed by atoms with Gasteiger partial charge in [0.15, 0.2) is 5.65 Å². The normalized spacial score (nSPS) is 13.5. The Bertz CT molecular complexity index is 1260. The molecule has 2 aromatic carbocycles. The van der Waals surface area contributed by atoms with Gasteiger partial charge in [0.2, 0.25) is 0 Å². The summed E-state index contributed by atoms with van der Waals surface area (Å²) in [5.41, 5.74) is 4.71. The number of hydrogen-bond acceptors (Lipinski definition) is 3. The van der Waals surface area contributed by atoms with Gasteiger partial charge in [-0.1, -0.05) is 42.5 Å². The first-order chi connectivity index (χ1) is 15.0. The number of carbonyl (C=O) groups is 1. The first-order valence-corrected chi connectivity index (χ1v) is 10.5. The van der Waals surface area contributed by atoms with Crippen molar-refractivity contribution in [2.45, 2.75) is 32.4 Å². The SMILES string of the molecule is Cc1nn(C)c2nc(-c3ccccc3)cc(C(=O)N(Cc3ccc(F)cc3)C3CC3)c12. The third kappa shape index (κ3) is 3.69. The van der Waals surface area contributed by atoms with E-state index in [-0.39, 0.29) is 17.8 Å². The van der Waals surface area contributed by atoms with E-state index in [0.29, 0.717) is 17.8 Å². The number of aromatic nitrogens is 3. The van der Waals surface area contributed by atoms with E-state index in [4.69, 9.17) is 4.98 Å². The van der Waals surface area contributed by atoms with Crippen LogP contribution in [0.3, 0.4) is 0 Å². The van der Waals surface area contributed by atoms with E-state index >= 15 is 0 Å². The molecule has 156 valence electrons. The van der Waals surface area contributed by atoms with Gasteiger partial charge in [0, 0.05) is 25.2 Å². The lowest BCUT2D eigenvalue weighted by molar-refractivity contribution is 0.0732. The number of carbonyl (C=O) groups excluding carboxylic acids is 1. The second-order valence-electron chi connectivity index (χ2n) is 8.12. The smallest absolute Gasteiger partial charge is 0.255 e. The third-order valence-corrected chi connectivity index (χ3v) is 5.78. The van der Waals surface area contributed by atoms with E-state index in [0.717, 1.165) is 40.7 Å². The lowest BCUT2D eigenvalue weighted by atomic mass is 10.0. The fraction of sp³-hybridized carbons (Fsp3) is 0.240. The van der Waals surface area contributed by atoms with E-state index in [1.54, 1.807) is 16.8 Å². The van der Waals surface area contributed by atoms with Crippen LogP contribution in [0.25, 0.3) is 22.3 Å². The summed E-state index contributed by atoms with van der Waals surface area (Å²) in [5.74, 6) is -0.310. The topological polar surface area (TPSA) is 51.0 Å². The van der Waals surface area contributed by atoms with Gasteiger partial charge in [-0.05, 0) is 43.5 Å². The van der Waals surface area contributed by atoms with E-state index in [1.165, 1.54) is 12.1 Å². The summed E-state index contributed by atoms with van der Waals surface area (Å²) >= 11 is 0. The first kappa shape index (κ1) is 19.4. The number of hydrogen-bond donors (Lipinski definition) is 0. The highest BCUT2D eigenvalue weighted by atomic mass is 19.1. The van der Waals surface area contributed by atoms with Gasteiger partial charge in [-0.25, -0.2) is 9.37 Å². The maximum absolute atomic E-state index is 13.8. The maximum atomic E-state index is 13.8. The van der Waals surface area contributed by atoms with Crippen molar-refractivity contribution in [3.05, 3.63) is 83.3 Å². The maximum Gasteiger partial charge on any atom is 0.255 e. The average Bonchev–Trinajstić information content (AvgIpc) is 3.58. The molecule has 1 amide bonds. The molecule has 6 heteroatoms. The van der Waals surface area contributed by atoms with Crippen molar-refractivity contribution in [2.24, 2.45) is 7.05 Å². The van der Waals surface area contributed by atoms with Gasteiger partial charge in [-0.2, -0.15) is 5.10 Å². The van der Waals surface area contributed by atoms with Crippen LogP contribution in [-0.2, 0) is 13.6 Å². The minimum absolute atomic E-state index is 0.0347. The van der Waals surface area contributed by atoms with Crippen LogP contribution in [0.5, 0.6) is 0 Å². The zero-order valence-electron chi connectivity index (χ0n) is 17.5. The van der Waals surface area contributed by atoms with Crippen molar-refractivity contribution in [1.29, 1.82) is 0 Å². The molecule has 0 bridgehead atoms. The number of halogens is 1. The van der Waals surface area contributed by atoms with Crippen LogP contribution < -0.4 is 0 Å². The molecule has 1 fully saturated rings. The predicted molar refractivity (Wildman–Crippen MR) is 118 cm³/mol. The van der Waals surface area contributed by atoms with Crippen molar-refractivity contribution in [3.63, 3.8) is 0 Å². The van der Waals surface area contributed by atoms with Gasteiger partial charge in [0.1, 0.15) is 5.82 Å². The Morgan fingerprint density at radius 3 is 2.52 bits per heavy atom. The Morgan fingerprint density at radius 1 is 1.13 bits per heavy atom. The molecule has 0 unspecified atom stereocenters. The molecule has 0 aliphatic heterocycles. The second-order valence-corrected chi connectivity index (χ2v) is 8.12. The molecule has 0 N–H and O–H groups in total. The van der Waals surface area contributed by atoms with Crippen LogP contribution in [-0.4, -0.2) is 31.6 Å². The minimum Gasteiger partial charge on any atom is -0.331 e. The lowest BCUT2D eigenvalue weighted by Crippen LogP contribution is -2.33. The summed E-state index contributed by atoms with van der Waals surface area (Å²) in [7, 11) is 1.85. The standard InChI is InChI=1S/C25H23FN4O/c1-16-23-21(14-22(18-6-4-3-5-7-18)27-24(23)29(2)28-16)25(31)30(20-12-13-20)15-17-8-10-19(26)11-9-17/h3-11,14,20H,12-13,15H2,1-2H3. The van der Waals surface area contributed by atoms with Gasteiger partial charge >= 0.3 is 0 Å². The number of fused-ring (bicyclic) bond motifs is 1. The predicted octanol–water partition coefficient (Wildman–Crippen LogP) is 4.89. The Labute approximate surface area is 180 Å². The summed E-state index contributed by atoms with van der Waals surface area (Å²) in [6.45, 7) is 2.36. The highest BCUT2D eigenvalue weighted by molar-refractivity contribution is 6.07.